The zero-order valence-corrected chi connectivity index (χ0v) is 12.1. The molecule has 21 heavy (non-hydrogen) atoms. The Bertz CT molecular complexity index is 546. The lowest BCUT2D eigenvalue weighted by Gasteiger charge is -2.30. The van der Waals surface area contributed by atoms with Crippen LogP contribution < -0.4 is 0 Å². The molecule has 0 aromatic heterocycles. The van der Waals surface area contributed by atoms with Crippen LogP contribution in [0.2, 0.25) is 0 Å². The van der Waals surface area contributed by atoms with Gasteiger partial charge in [-0.1, -0.05) is 12.1 Å². The maximum absolute atomic E-state index is 14.0. The second-order valence-corrected chi connectivity index (χ2v) is 5.19. The SMILES string of the molecule is CCOC(=O)C1CCN(Cc2cccc(C#N)c2F)CC1. The number of esters is 1. The van der Waals surface area contributed by atoms with E-state index in [-0.39, 0.29) is 17.5 Å². The van der Waals surface area contributed by atoms with Gasteiger partial charge < -0.3 is 4.74 Å². The van der Waals surface area contributed by atoms with Gasteiger partial charge in [0.25, 0.3) is 0 Å². The fourth-order valence-corrected chi connectivity index (χ4v) is 2.62. The largest absolute Gasteiger partial charge is 0.466 e. The second-order valence-electron chi connectivity index (χ2n) is 5.19. The molecule has 1 saturated heterocycles. The van der Waals surface area contributed by atoms with Crippen LogP contribution in [0.5, 0.6) is 0 Å². The minimum Gasteiger partial charge on any atom is -0.466 e. The Balaban J connectivity index is 1.92. The summed E-state index contributed by atoms with van der Waals surface area (Å²) in [6.07, 6.45) is 1.47. The molecule has 5 heteroatoms. The van der Waals surface area contributed by atoms with E-state index >= 15 is 0 Å². The number of halogens is 1. The zero-order valence-electron chi connectivity index (χ0n) is 12.1. The van der Waals surface area contributed by atoms with E-state index in [1.54, 1.807) is 19.1 Å². The average molecular weight is 290 g/mol. The van der Waals surface area contributed by atoms with Crippen molar-refractivity contribution in [2.45, 2.75) is 26.3 Å². The van der Waals surface area contributed by atoms with Crippen molar-refractivity contribution in [2.75, 3.05) is 19.7 Å². The first kappa shape index (κ1) is 15.5. The van der Waals surface area contributed by atoms with Crippen LogP contribution in [0.25, 0.3) is 0 Å². The number of ether oxygens (including phenoxy) is 1. The van der Waals surface area contributed by atoms with Crippen molar-refractivity contribution in [1.29, 1.82) is 5.26 Å². The quantitative estimate of drug-likeness (QED) is 0.799. The van der Waals surface area contributed by atoms with Gasteiger partial charge in [-0.05, 0) is 38.9 Å². The molecule has 0 aliphatic carbocycles. The summed E-state index contributed by atoms with van der Waals surface area (Å²) in [5.74, 6) is -0.612. The minimum absolute atomic E-state index is 0.0449. The summed E-state index contributed by atoms with van der Waals surface area (Å²) < 4.78 is 19.0. The number of likely N-dealkylation sites (tertiary alicyclic amines) is 1. The van der Waals surface area contributed by atoms with Crippen molar-refractivity contribution in [3.8, 4) is 6.07 Å². The number of benzene rings is 1. The molecule has 1 heterocycles. The van der Waals surface area contributed by atoms with Crippen molar-refractivity contribution in [3.63, 3.8) is 0 Å². The molecule has 0 radical (unpaired) electrons. The van der Waals surface area contributed by atoms with Crippen molar-refractivity contribution >= 4 is 5.97 Å². The lowest BCUT2D eigenvalue weighted by Crippen LogP contribution is -2.36. The number of nitrogens with zero attached hydrogens (tertiary/aromatic N) is 2. The van der Waals surface area contributed by atoms with Gasteiger partial charge in [0.1, 0.15) is 11.9 Å². The predicted molar refractivity (Wildman–Crippen MR) is 75.7 cm³/mol. The maximum atomic E-state index is 14.0. The third-order valence-corrected chi connectivity index (χ3v) is 3.80. The molecule has 0 saturated carbocycles. The van der Waals surface area contributed by atoms with Crippen LogP contribution in [0.3, 0.4) is 0 Å². The highest BCUT2D eigenvalue weighted by atomic mass is 19.1. The van der Waals surface area contributed by atoms with Crippen molar-refractivity contribution in [2.24, 2.45) is 5.92 Å². The van der Waals surface area contributed by atoms with Gasteiger partial charge in [-0.3, -0.25) is 9.69 Å². The normalized spacial score (nSPS) is 16.4. The first-order valence-electron chi connectivity index (χ1n) is 7.22. The van der Waals surface area contributed by atoms with Gasteiger partial charge in [0.05, 0.1) is 18.1 Å². The lowest BCUT2D eigenvalue weighted by atomic mass is 9.96. The molecule has 1 aliphatic heterocycles. The summed E-state index contributed by atoms with van der Waals surface area (Å²) in [6, 6.07) is 6.73. The van der Waals surface area contributed by atoms with E-state index in [1.165, 1.54) is 6.07 Å². The highest BCUT2D eigenvalue weighted by Gasteiger charge is 2.26. The Morgan fingerprint density at radius 3 is 2.81 bits per heavy atom. The van der Waals surface area contributed by atoms with Crippen LogP contribution in [0.1, 0.15) is 30.9 Å². The average Bonchev–Trinajstić information content (AvgIpc) is 2.50. The molecule has 0 spiro atoms. The molecule has 1 aromatic rings. The van der Waals surface area contributed by atoms with Crippen LogP contribution >= 0.6 is 0 Å². The molecule has 0 unspecified atom stereocenters. The minimum atomic E-state index is -0.437. The molecule has 0 amide bonds. The van der Waals surface area contributed by atoms with Crippen LogP contribution in [0.15, 0.2) is 18.2 Å². The zero-order chi connectivity index (χ0) is 15.2. The van der Waals surface area contributed by atoms with Gasteiger partial charge in [0, 0.05) is 12.1 Å². The molecular formula is C16H19FN2O2. The molecule has 0 bridgehead atoms. The first-order chi connectivity index (χ1) is 10.2. The Kier molecular flexibility index (Phi) is 5.29. The first-order valence-corrected chi connectivity index (χ1v) is 7.22. The summed E-state index contributed by atoms with van der Waals surface area (Å²) in [5, 5.41) is 8.84. The second kappa shape index (κ2) is 7.19. The molecule has 0 N–H and O–H groups in total. The van der Waals surface area contributed by atoms with E-state index in [0.717, 1.165) is 25.9 Å². The summed E-state index contributed by atoms with van der Waals surface area (Å²) in [4.78, 5) is 13.8. The Hall–Kier alpha value is -1.93. The Morgan fingerprint density at radius 2 is 2.19 bits per heavy atom. The number of nitriles is 1. The molecule has 1 aromatic carbocycles. The predicted octanol–water partition coefficient (Wildman–Crippen LogP) is 2.47. The van der Waals surface area contributed by atoms with E-state index in [0.29, 0.717) is 18.7 Å². The summed E-state index contributed by atoms with van der Waals surface area (Å²) in [7, 11) is 0. The number of hydrogen-bond acceptors (Lipinski definition) is 4. The van der Waals surface area contributed by atoms with Crippen molar-refractivity contribution in [3.05, 3.63) is 35.1 Å². The molecule has 2 rings (SSSR count). The molecule has 112 valence electrons. The highest BCUT2D eigenvalue weighted by molar-refractivity contribution is 5.72. The van der Waals surface area contributed by atoms with Gasteiger partial charge in [-0.25, -0.2) is 4.39 Å². The Labute approximate surface area is 124 Å². The monoisotopic (exact) mass is 290 g/mol. The molecule has 4 nitrogen and oxygen atoms in total. The van der Waals surface area contributed by atoms with E-state index in [1.807, 2.05) is 6.07 Å². The van der Waals surface area contributed by atoms with Gasteiger partial charge in [0.15, 0.2) is 0 Å². The van der Waals surface area contributed by atoms with Gasteiger partial charge in [0.2, 0.25) is 0 Å². The fourth-order valence-electron chi connectivity index (χ4n) is 2.62. The third-order valence-electron chi connectivity index (χ3n) is 3.80. The van der Waals surface area contributed by atoms with E-state index in [2.05, 4.69) is 4.90 Å². The standard InChI is InChI=1S/C16H19FN2O2/c1-2-21-16(20)12-6-8-19(9-7-12)11-14-5-3-4-13(10-18)15(14)17/h3-5,12H,2,6-9,11H2,1H3. The number of carbonyl (C=O) groups is 1. The van der Waals surface area contributed by atoms with Crippen LogP contribution in [-0.2, 0) is 16.1 Å². The third kappa shape index (κ3) is 3.79. The number of piperidine rings is 1. The maximum Gasteiger partial charge on any atom is 0.309 e. The van der Waals surface area contributed by atoms with Gasteiger partial charge >= 0.3 is 5.97 Å². The lowest BCUT2D eigenvalue weighted by molar-refractivity contribution is -0.149. The van der Waals surface area contributed by atoms with E-state index in [4.69, 9.17) is 10.00 Å². The molecule has 0 atom stereocenters. The fraction of sp³-hybridized carbons (Fsp3) is 0.500. The highest BCUT2D eigenvalue weighted by Crippen LogP contribution is 2.21. The van der Waals surface area contributed by atoms with Crippen LogP contribution in [0, 0.1) is 23.1 Å². The van der Waals surface area contributed by atoms with Crippen LogP contribution in [-0.4, -0.2) is 30.6 Å². The summed E-state index contributed by atoms with van der Waals surface area (Å²) >= 11 is 0. The van der Waals surface area contributed by atoms with E-state index < -0.39 is 5.82 Å². The summed E-state index contributed by atoms with van der Waals surface area (Å²) in [5.41, 5.74) is 0.609. The molecule has 1 aliphatic rings. The van der Waals surface area contributed by atoms with Crippen molar-refractivity contribution < 1.29 is 13.9 Å². The molecular weight excluding hydrogens is 271 g/mol. The summed E-state index contributed by atoms with van der Waals surface area (Å²) in [6.45, 7) is 4.15. The van der Waals surface area contributed by atoms with Crippen molar-refractivity contribution in [1.82, 2.24) is 4.90 Å². The topological polar surface area (TPSA) is 53.3 Å². The number of rotatable bonds is 4. The smallest absolute Gasteiger partial charge is 0.309 e. The van der Waals surface area contributed by atoms with Gasteiger partial charge in [-0.15, -0.1) is 0 Å². The number of carbonyl (C=O) groups excluding carboxylic acids is 1. The Morgan fingerprint density at radius 1 is 1.48 bits per heavy atom. The number of hydrogen-bond donors (Lipinski definition) is 0. The van der Waals surface area contributed by atoms with E-state index in [9.17, 15) is 9.18 Å². The molecule has 1 fully saturated rings. The van der Waals surface area contributed by atoms with Gasteiger partial charge in [-0.2, -0.15) is 5.26 Å². The van der Waals surface area contributed by atoms with Crippen LogP contribution in [0.4, 0.5) is 4.39 Å².